The van der Waals surface area contributed by atoms with Crippen LogP contribution in [0.1, 0.15) is 0 Å². The molecule has 1 aromatic rings. The van der Waals surface area contributed by atoms with Gasteiger partial charge < -0.3 is 10.4 Å². The van der Waals surface area contributed by atoms with E-state index in [-0.39, 0.29) is 0 Å². The van der Waals surface area contributed by atoms with Crippen molar-refractivity contribution in [3.8, 4) is 0 Å². The number of carbonyl (C=O) groups excluding carboxylic acids is 1. The molecule has 0 saturated carbocycles. The molecule has 1 amide bonds. The molecule has 0 spiro atoms. The van der Waals surface area contributed by atoms with E-state index in [9.17, 15) is 9.59 Å². The molecule has 0 aliphatic rings. The lowest BCUT2D eigenvalue weighted by Crippen LogP contribution is -2.08. The normalized spacial score (nSPS) is 10.2. The third-order valence-corrected chi connectivity index (χ3v) is 1.14. The summed E-state index contributed by atoms with van der Waals surface area (Å²) in [6.45, 7) is 0. The molecule has 0 bridgehead atoms. The molecule has 6 nitrogen and oxygen atoms in total. The van der Waals surface area contributed by atoms with Gasteiger partial charge in [0.1, 0.15) is 5.82 Å². The van der Waals surface area contributed by atoms with Crippen LogP contribution in [0, 0.1) is 0 Å². The molecule has 1 heterocycles. The maximum atomic E-state index is 10.9. The number of aromatic amines is 1. The molecule has 0 unspecified atom stereocenters. The van der Waals surface area contributed by atoms with E-state index in [0.29, 0.717) is 5.82 Å². The molecule has 6 heteroatoms. The monoisotopic (exact) mass is 181 g/mol. The van der Waals surface area contributed by atoms with Crippen molar-refractivity contribution in [1.82, 2.24) is 10.2 Å². The van der Waals surface area contributed by atoms with Gasteiger partial charge in [-0.15, -0.1) is 0 Å². The highest BCUT2D eigenvalue weighted by Crippen LogP contribution is 1.97. The molecular formula is C7H7N3O3. The zero-order valence-corrected chi connectivity index (χ0v) is 6.52. The van der Waals surface area contributed by atoms with Crippen molar-refractivity contribution in [3.63, 3.8) is 0 Å². The largest absolute Gasteiger partial charge is 0.478 e. The Morgan fingerprint density at radius 1 is 1.54 bits per heavy atom. The van der Waals surface area contributed by atoms with Gasteiger partial charge in [0.15, 0.2) is 0 Å². The van der Waals surface area contributed by atoms with Crippen LogP contribution >= 0.6 is 0 Å². The summed E-state index contributed by atoms with van der Waals surface area (Å²) in [4.78, 5) is 20.9. The molecule has 0 aromatic carbocycles. The second kappa shape index (κ2) is 4.05. The van der Waals surface area contributed by atoms with Crippen LogP contribution in [0.25, 0.3) is 0 Å². The van der Waals surface area contributed by atoms with Crippen molar-refractivity contribution in [2.75, 3.05) is 5.32 Å². The average molecular weight is 181 g/mol. The van der Waals surface area contributed by atoms with E-state index in [4.69, 9.17) is 5.11 Å². The van der Waals surface area contributed by atoms with Gasteiger partial charge in [0, 0.05) is 18.2 Å². The summed E-state index contributed by atoms with van der Waals surface area (Å²) in [5, 5.41) is 16.7. The predicted octanol–water partition coefficient (Wildman–Crippen LogP) is -0.0110. The van der Waals surface area contributed by atoms with Gasteiger partial charge in [-0.2, -0.15) is 5.10 Å². The number of anilines is 1. The Labute approximate surface area is 73.3 Å². The molecule has 68 valence electrons. The van der Waals surface area contributed by atoms with Gasteiger partial charge >= 0.3 is 5.97 Å². The van der Waals surface area contributed by atoms with Crippen LogP contribution < -0.4 is 5.32 Å². The molecule has 0 saturated heterocycles. The number of rotatable bonds is 3. The van der Waals surface area contributed by atoms with Crippen LogP contribution in [0.5, 0.6) is 0 Å². The number of H-pyrrole nitrogens is 1. The quantitative estimate of drug-likeness (QED) is 0.571. The third kappa shape index (κ3) is 3.19. The van der Waals surface area contributed by atoms with Crippen LogP contribution in [0.3, 0.4) is 0 Å². The van der Waals surface area contributed by atoms with E-state index in [1.807, 2.05) is 0 Å². The highest BCUT2D eigenvalue weighted by Gasteiger charge is 1.98. The van der Waals surface area contributed by atoms with Crippen LogP contribution in [-0.2, 0) is 9.59 Å². The number of aromatic nitrogens is 2. The topological polar surface area (TPSA) is 95.1 Å². The van der Waals surface area contributed by atoms with Gasteiger partial charge in [-0.25, -0.2) is 4.79 Å². The fourth-order valence-electron chi connectivity index (χ4n) is 0.647. The maximum Gasteiger partial charge on any atom is 0.328 e. The number of hydrogen-bond acceptors (Lipinski definition) is 3. The molecule has 1 aromatic heterocycles. The summed E-state index contributed by atoms with van der Waals surface area (Å²) in [6, 6.07) is 1.55. The number of aliphatic carboxylic acids is 1. The molecule has 0 aliphatic heterocycles. The zero-order valence-electron chi connectivity index (χ0n) is 6.52. The standard InChI is InChI=1S/C7H7N3O3/c11-6(1-2-7(12)13)9-5-3-4-8-10-5/h1-4H,(H,12,13)(H2,8,9,10,11)/b2-1+. The second-order valence-electron chi connectivity index (χ2n) is 2.13. The highest BCUT2D eigenvalue weighted by molar-refractivity contribution is 6.01. The zero-order chi connectivity index (χ0) is 9.68. The van der Waals surface area contributed by atoms with Crippen LogP contribution in [0.15, 0.2) is 24.4 Å². The van der Waals surface area contributed by atoms with E-state index >= 15 is 0 Å². The molecule has 3 N–H and O–H groups in total. The third-order valence-electron chi connectivity index (χ3n) is 1.14. The Hall–Kier alpha value is -2.11. The van der Waals surface area contributed by atoms with Crippen molar-refractivity contribution in [2.45, 2.75) is 0 Å². The van der Waals surface area contributed by atoms with E-state index < -0.39 is 11.9 Å². The summed E-state index contributed by atoms with van der Waals surface area (Å²) in [5.74, 6) is -1.27. The molecular weight excluding hydrogens is 174 g/mol. The molecule has 0 radical (unpaired) electrons. The SMILES string of the molecule is O=C(O)/C=C/C(=O)Nc1ccn[nH]1. The average Bonchev–Trinajstić information content (AvgIpc) is 2.53. The van der Waals surface area contributed by atoms with E-state index in [0.717, 1.165) is 12.2 Å². The predicted molar refractivity (Wildman–Crippen MR) is 44.0 cm³/mol. The minimum atomic E-state index is -1.17. The van der Waals surface area contributed by atoms with Gasteiger partial charge in [0.05, 0.1) is 6.20 Å². The molecule has 13 heavy (non-hydrogen) atoms. The number of nitrogens with one attached hydrogen (secondary N) is 2. The second-order valence-corrected chi connectivity index (χ2v) is 2.13. The van der Waals surface area contributed by atoms with Crippen LogP contribution in [0.2, 0.25) is 0 Å². The number of carboxylic acids is 1. The molecule has 0 fully saturated rings. The van der Waals surface area contributed by atoms with E-state index in [1.54, 1.807) is 6.07 Å². The lowest BCUT2D eigenvalue weighted by Gasteiger charge is -1.94. The van der Waals surface area contributed by atoms with Gasteiger partial charge in [-0.3, -0.25) is 9.89 Å². The molecule has 0 atom stereocenters. The summed E-state index contributed by atoms with van der Waals surface area (Å²) in [6.07, 6.45) is 3.14. The van der Waals surface area contributed by atoms with E-state index in [1.165, 1.54) is 6.20 Å². The Morgan fingerprint density at radius 2 is 2.31 bits per heavy atom. The molecule has 0 aliphatic carbocycles. The summed E-state index contributed by atoms with van der Waals surface area (Å²) < 4.78 is 0. The first-order valence-corrected chi connectivity index (χ1v) is 3.40. The lowest BCUT2D eigenvalue weighted by atomic mass is 10.4. The smallest absolute Gasteiger partial charge is 0.328 e. The van der Waals surface area contributed by atoms with Crippen molar-refractivity contribution in [3.05, 3.63) is 24.4 Å². The fraction of sp³-hybridized carbons (Fsp3) is 0. The number of amides is 1. The van der Waals surface area contributed by atoms with Gasteiger partial charge in [-0.1, -0.05) is 0 Å². The van der Waals surface area contributed by atoms with Gasteiger partial charge in [0.2, 0.25) is 5.91 Å². The van der Waals surface area contributed by atoms with Gasteiger partial charge in [-0.05, 0) is 0 Å². The van der Waals surface area contributed by atoms with E-state index in [2.05, 4.69) is 15.5 Å². The van der Waals surface area contributed by atoms with Gasteiger partial charge in [0.25, 0.3) is 0 Å². The van der Waals surface area contributed by atoms with Crippen molar-refractivity contribution >= 4 is 17.7 Å². The number of carboxylic acid groups (broad SMARTS) is 1. The Balaban J connectivity index is 2.47. The summed E-state index contributed by atoms with van der Waals surface area (Å²) in [5.41, 5.74) is 0. The first-order chi connectivity index (χ1) is 6.18. The van der Waals surface area contributed by atoms with Crippen LogP contribution in [0.4, 0.5) is 5.82 Å². The first-order valence-electron chi connectivity index (χ1n) is 3.40. The summed E-state index contributed by atoms with van der Waals surface area (Å²) in [7, 11) is 0. The molecule has 1 rings (SSSR count). The number of carbonyl (C=O) groups is 2. The maximum absolute atomic E-state index is 10.9. The number of hydrogen-bond donors (Lipinski definition) is 3. The number of nitrogens with zero attached hydrogens (tertiary/aromatic N) is 1. The Morgan fingerprint density at radius 3 is 2.85 bits per heavy atom. The first kappa shape index (κ1) is 8.98. The van der Waals surface area contributed by atoms with Crippen molar-refractivity contribution in [2.24, 2.45) is 0 Å². The Bertz CT molecular complexity index is 329. The Kier molecular flexibility index (Phi) is 2.80. The minimum Gasteiger partial charge on any atom is -0.478 e. The minimum absolute atomic E-state index is 0.417. The summed E-state index contributed by atoms with van der Waals surface area (Å²) >= 11 is 0. The lowest BCUT2D eigenvalue weighted by molar-refractivity contribution is -0.131. The van der Waals surface area contributed by atoms with Crippen LogP contribution in [-0.4, -0.2) is 27.2 Å². The highest BCUT2D eigenvalue weighted by atomic mass is 16.4. The van der Waals surface area contributed by atoms with Crippen molar-refractivity contribution < 1.29 is 14.7 Å². The van der Waals surface area contributed by atoms with Crippen molar-refractivity contribution in [1.29, 1.82) is 0 Å². The fourth-order valence-corrected chi connectivity index (χ4v) is 0.647.